The lowest BCUT2D eigenvalue weighted by Gasteiger charge is -2.14. The van der Waals surface area contributed by atoms with Crippen molar-refractivity contribution in [3.8, 4) is 28.5 Å². The molecule has 0 bridgehead atoms. The number of aryl methyl sites for hydroxylation is 1. The molecule has 2 N–H and O–H groups in total. The molecule has 144 valence electrons. The third-order valence-corrected chi connectivity index (χ3v) is 3.89. The zero-order chi connectivity index (χ0) is 19.9. The first-order valence-electron chi connectivity index (χ1n) is 8.77. The summed E-state index contributed by atoms with van der Waals surface area (Å²) in [6.07, 6.45) is 6.66. The average Bonchev–Trinajstić information content (AvgIpc) is 2.71. The maximum atomic E-state index is 11.6. The third-order valence-electron chi connectivity index (χ3n) is 3.89. The van der Waals surface area contributed by atoms with E-state index in [9.17, 15) is 4.79 Å². The first-order chi connectivity index (χ1) is 13.6. The van der Waals surface area contributed by atoms with Crippen LogP contribution in [0, 0.1) is 6.92 Å². The molecule has 0 unspecified atom stereocenters. The SMILES string of the molecule is CCOc1ccc(-c2cnc(NC(=O)NC)cc2Oc2cnccc2C)cn1. The number of urea groups is 1. The van der Waals surface area contributed by atoms with Crippen molar-refractivity contribution in [2.45, 2.75) is 13.8 Å². The van der Waals surface area contributed by atoms with Gasteiger partial charge in [0.2, 0.25) is 5.88 Å². The molecule has 8 nitrogen and oxygen atoms in total. The van der Waals surface area contributed by atoms with Gasteiger partial charge >= 0.3 is 6.03 Å². The second-order valence-corrected chi connectivity index (χ2v) is 5.83. The van der Waals surface area contributed by atoms with Gasteiger partial charge in [-0.3, -0.25) is 10.3 Å². The van der Waals surface area contributed by atoms with Gasteiger partial charge in [-0.05, 0) is 31.5 Å². The fourth-order valence-electron chi connectivity index (χ4n) is 2.43. The number of ether oxygens (including phenoxy) is 2. The molecule has 0 spiro atoms. The molecule has 0 aliphatic heterocycles. The lowest BCUT2D eigenvalue weighted by molar-refractivity contribution is 0.254. The van der Waals surface area contributed by atoms with Crippen LogP contribution in [0.3, 0.4) is 0 Å². The molecule has 0 fully saturated rings. The molecule has 0 aromatic carbocycles. The van der Waals surface area contributed by atoms with Gasteiger partial charge in [0, 0.05) is 48.9 Å². The van der Waals surface area contributed by atoms with Gasteiger partial charge in [-0.2, -0.15) is 0 Å². The number of carbonyl (C=O) groups is 1. The van der Waals surface area contributed by atoms with Crippen LogP contribution < -0.4 is 20.1 Å². The van der Waals surface area contributed by atoms with Crippen molar-refractivity contribution >= 4 is 11.8 Å². The number of anilines is 1. The van der Waals surface area contributed by atoms with Gasteiger partial charge in [0.25, 0.3) is 0 Å². The Bertz CT molecular complexity index is 960. The van der Waals surface area contributed by atoms with Crippen LogP contribution in [0.2, 0.25) is 0 Å². The number of hydrogen-bond acceptors (Lipinski definition) is 6. The van der Waals surface area contributed by atoms with Crippen molar-refractivity contribution in [1.82, 2.24) is 20.3 Å². The lowest BCUT2D eigenvalue weighted by atomic mass is 10.1. The molecule has 3 rings (SSSR count). The van der Waals surface area contributed by atoms with Gasteiger partial charge in [0.1, 0.15) is 17.3 Å². The van der Waals surface area contributed by atoms with E-state index in [1.807, 2.05) is 26.0 Å². The Labute approximate surface area is 163 Å². The van der Waals surface area contributed by atoms with Crippen molar-refractivity contribution in [3.63, 3.8) is 0 Å². The summed E-state index contributed by atoms with van der Waals surface area (Å²) in [5, 5.41) is 5.14. The highest BCUT2D eigenvalue weighted by atomic mass is 16.5. The van der Waals surface area contributed by atoms with E-state index in [2.05, 4.69) is 25.6 Å². The molecule has 3 aromatic heterocycles. The predicted molar refractivity (Wildman–Crippen MR) is 106 cm³/mol. The highest BCUT2D eigenvalue weighted by Gasteiger charge is 2.13. The number of rotatable bonds is 6. The molecule has 0 saturated carbocycles. The van der Waals surface area contributed by atoms with Crippen LogP contribution in [0.5, 0.6) is 17.4 Å². The van der Waals surface area contributed by atoms with Gasteiger partial charge in [0.15, 0.2) is 0 Å². The van der Waals surface area contributed by atoms with Crippen LogP contribution in [-0.2, 0) is 0 Å². The average molecular weight is 379 g/mol. The van der Waals surface area contributed by atoms with E-state index in [4.69, 9.17) is 9.47 Å². The number of aromatic nitrogens is 3. The van der Waals surface area contributed by atoms with Crippen LogP contribution in [-0.4, -0.2) is 34.6 Å². The van der Waals surface area contributed by atoms with E-state index in [1.54, 1.807) is 36.9 Å². The standard InChI is InChI=1S/C20H21N5O3/c1-4-27-19-6-5-14(10-24-19)15-11-23-18(25-20(26)21-3)9-16(15)28-17-12-22-8-7-13(17)2/h5-12H,4H2,1-3H3,(H2,21,23,25,26). The Morgan fingerprint density at radius 1 is 1.11 bits per heavy atom. The summed E-state index contributed by atoms with van der Waals surface area (Å²) in [7, 11) is 1.53. The molecule has 8 heteroatoms. The number of carbonyl (C=O) groups excluding carboxylic acids is 1. The van der Waals surface area contributed by atoms with Crippen molar-refractivity contribution in [1.29, 1.82) is 0 Å². The smallest absolute Gasteiger partial charge is 0.320 e. The van der Waals surface area contributed by atoms with Crippen molar-refractivity contribution in [2.75, 3.05) is 19.0 Å². The summed E-state index contributed by atoms with van der Waals surface area (Å²) in [5.74, 6) is 2.03. The zero-order valence-corrected chi connectivity index (χ0v) is 15.9. The quantitative estimate of drug-likeness (QED) is 0.676. The Balaban J connectivity index is 2.00. The monoisotopic (exact) mass is 379 g/mol. The van der Waals surface area contributed by atoms with Gasteiger partial charge in [-0.25, -0.2) is 14.8 Å². The zero-order valence-electron chi connectivity index (χ0n) is 15.9. The number of nitrogens with one attached hydrogen (secondary N) is 2. The van der Waals surface area contributed by atoms with Gasteiger partial charge in [0.05, 0.1) is 12.8 Å². The Morgan fingerprint density at radius 3 is 2.64 bits per heavy atom. The molecule has 0 atom stereocenters. The Hall–Kier alpha value is -3.68. The topological polar surface area (TPSA) is 98.3 Å². The van der Waals surface area contributed by atoms with Crippen LogP contribution in [0.4, 0.5) is 10.6 Å². The maximum absolute atomic E-state index is 11.6. The van der Waals surface area contributed by atoms with E-state index in [0.29, 0.717) is 29.8 Å². The minimum absolute atomic E-state index is 0.360. The first-order valence-corrected chi connectivity index (χ1v) is 8.77. The van der Waals surface area contributed by atoms with Crippen molar-refractivity contribution in [2.24, 2.45) is 0 Å². The third kappa shape index (κ3) is 4.53. The molecule has 28 heavy (non-hydrogen) atoms. The molecule has 0 radical (unpaired) electrons. The fraction of sp³-hybridized carbons (Fsp3) is 0.200. The van der Waals surface area contributed by atoms with Crippen molar-refractivity contribution < 1.29 is 14.3 Å². The Kier molecular flexibility index (Phi) is 6.01. The molecule has 2 amide bonds. The summed E-state index contributed by atoms with van der Waals surface area (Å²) < 4.78 is 11.5. The molecular weight excluding hydrogens is 358 g/mol. The first kappa shape index (κ1) is 19.1. The van der Waals surface area contributed by atoms with Crippen LogP contribution in [0.1, 0.15) is 12.5 Å². The summed E-state index contributed by atoms with van der Waals surface area (Å²) in [6.45, 7) is 4.38. The number of nitrogens with zero attached hydrogens (tertiary/aromatic N) is 3. The molecule has 0 aliphatic carbocycles. The summed E-state index contributed by atoms with van der Waals surface area (Å²) >= 11 is 0. The van der Waals surface area contributed by atoms with Gasteiger partial charge in [-0.15, -0.1) is 0 Å². The summed E-state index contributed by atoms with van der Waals surface area (Å²) in [5.41, 5.74) is 2.46. The minimum atomic E-state index is -0.369. The van der Waals surface area contributed by atoms with E-state index >= 15 is 0 Å². The number of amides is 2. The normalized spacial score (nSPS) is 10.2. The predicted octanol–water partition coefficient (Wildman–Crippen LogP) is 3.79. The number of pyridine rings is 3. The molecule has 0 aliphatic rings. The van der Waals surface area contributed by atoms with E-state index < -0.39 is 0 Å². The second-order valence-electron chi connectivity index (χ2n) is 5.83. The molecular formula is C20H21N5O3. The minimum Gasteiger partial charge on any atom is -0.478 e. The Morgan fingerprint density at radius 2 is 1.96 bits per heavy atom. The molecule has 3 aromatic rings. The second kappa shape index (κ2) is 8.81. The highest BCUT2D eigenvalue weighted by molar-refractivity contribution is 5.88. The van der Waals surface area contributed by atoms with Crippen LogP contribution >= 0.6 is 0 Å². The fourth-order valence-corrected chi connectivity index (χ4v) is 2.43. The van der Waals surface area contributed by atoms with E-state index in [1.165, 1.54) is 7.05 Å². The van der Waals surface area contributed by atoms with Crippen molar-refractivity contribution in [3.05, 3.63) is 54.6 Å². The lowest BCUT2D eigenvalue weighted by Crippen LogP contribution is -2.24. The highest BCUT2D eigenvalue weighted by Crippen LogP contribution is 2.35. The molecule has 3 heterocycles. The van der Waals surface area contributed by atoms with Gasteiger partial charge < -0.3 is 14.8 Å². The summed E-state index contributed by atoms with van der Waals surface area (Å²) in [6, 6.07) is 6.82. The van der Waals surface area contributed by atoms with Crippen LogP contribution in [0.25, 0.3) is 11.1 Å². The van der Waals surface area contributed by atoms with E-state index in [0.717, 1.165) is 16.7 Å². The number of hydrogen-bond donors (Lipinski definition) is 2. The van der Waals surface area contributed by atoms with Gasteiger partial charge in [-0.1, -0.05) is 0 Å². The summed E-state index contributed by atoms with van der Waals surface area (Å²) in [4.78, 5) is 24.3. The van der Waals surface area contributed by atoms with E-state index in [-0.39, 0.29) is 6.03 Å². The largest absolute Gasteiger partial charge is 0.478 e. The molecule has 0 saturated heterocycles. The maximum Gasteiger partial charge on any atom is 0.320 e. The van der Waals surface area contributed by atoms with Crippen LogP contribution in [0.15, 0.2) is 49.1 Å².